The summed E-state index contributed by atoms with van der Waals surface area (Å²) >= 11 is 0. The molecule has 0 aromatic heterocycles. The van der Waals surface area contributed by atoms with Crippen LogP contribution < -0.4 is 5.73 Å². The maximum absolute atomic E-state index is 5.56. The zero-order chi connectivity index (χ0) is 6.85. The second-order valence-corrected chi connectivity index (χ2v) is 2.40. The Kier molecular flexibility index (Phi) is 2.05. The molecule has 1 saturated carbocycles. The number of hydrogen-bond acceptors (Lipinski definition) is 3. The van der Waals surface area contributed by atoms with Gasteiger partial charge in [-0.15, -0.1) is 0 Å². The second kappa shape index (κ2) is 2.64. The lowest BCUT2D eigenvalue weighted by atomic mass is 10.4. The summed E-state index contributed by atoms with van der Waals surface area (Å²) < 4.78 is 9.98. The lowest BCUT2D eigenvalue weighted by Crippen LogP contribution is -2.20. The summed E-state index contributed by atoms with van der Waals surface area (Å²) in [6.45, 7) is 0. The van der Waals surface area contributed by atoms with Crippen LogP contribution in [0.2, 0.25) is 0 Å². The van der Waals surface area contributed by atoms with Gasteiger partial charge in [-0.25, -0.2) is 0 Å². The minimum absolute atomic E-state index is 0.0833. The van der Waals surface area contributed by atoms with E-state index in [2.05, 4.69) is 0 Å². The molecule has 0 aliphatic heterocycles. The number of ether oxygens (including phenoxy) is 2. The Morgan fingerprint density at radius 1 is 1.44 bits per heavy atom. The van der Waals surface area contributed by atoms with Gasteiger partial charge in [0.25, 0.3) is 0 Å². The van der Waals surface area contributed by atoms with Crippen molar-refractivity contribution in [2.75, 3.05) is 14.2 Å². The molecule has 0 amide bonds. The lowest BCUT2D eigenvalue weighted by Gasteiger charge is -2.11. The van der Waals surface area contributed by atoms with Crippen molar-refractivity contribution in [2.24, 2.45) is 11.7 Å². The highest BCUT2D eigenvalue weighted by Crippen LogP contribution is 2.32. The fourth-order valence-corrected chi connectivity index (χ4v) is 0.994. The van der Waals surface area contributed by atoms with Gasteiger partial charge >= 0.3 is 0 Å². The standard InChI is InChI=1S/C6H13NO2/c1-8-6(9-2)4-3-5(4)7/h4-6H,3,7H2,1-2H3/t4-,5-/m1/s1. The van der Waals surface area contributed by atoms with E-state index in [0.29, 0.717) is 12.0 Å². The van der Waals surface area contributed by atoms with Gasteiger partial charge in [0.15, 0.2) is 6.29 Å². The van der Waals surface area contributed by atoms with E-state index in [1.54, 1.807) is 14.2 Å². The number of rotatable bonds is 3. The quantitative estimate of drug-likeness (QED) is 0.546. The second-order valence-electron chi connectivity index (χ2n) is 2.40. The molecule has 0 unspecified atom stereocenters. The van der Waals surface area contributed by atoms with Gasteiger partial charge < -0.3 is 15.2 Å². The molecular weight excluding hydrogens is 118 g/mol. The van der Waals surface area contributed by atoms with E-state index in [0.717, 1.165) is 6.42 Å². The molecule has 2 N–H and O–H groups in total. The summed E-state index contributed by atoms with van der Waals surface area (Å²) in [4.78, 5) is 0. The van der Waals surface area contributed by atoms with Gasteiger partial charge in [-0.2, -0.15) is 0 Å². The van der Waals surface area contributed by atoms with Crippen LogP contribution in [0.3, 0.4) is 0 Å². The molecule has 0 heterocycles. The van der Waals surface area contributed by atoms with Gasteiger partial charge in [0.2, 0.25) is 0 Å². The van der Waals surface area contributed by atoms with E-state index in [9.17, 15) is 0 Å². The van der Waals surface area contributed by atoms with Crippen LogP contribution in [0.1, 0.15) is 6.42 Å². The normalized spacial score (nSPS) is 33.3. The van der Waals surface area contributed by atoms with E-state index < -0.39 is 0 Å². The van der Waals surface area contributed by atoms with E-state index >= 15 is 0 Å². The molecule has 0 radical (unpaired) electrons. The Morgan fingerprint density at radius 2 is 1.89 bits per heavy atom. The van der Waals surface area contributed by atoms with Crippen LogP contribution in [0.4, 0.5) is 0 Å². The molecule has 2 atom stereocenters. The molecule has 0 bridgehead atoms. The molecule has 0 spiro atoms. The molecule has 0 aromatic carbocycles. The van der Waals surface area contributed by atoms with Crippen molar-refractivity contribution in [2.45, 2.75) is 18.8 Å². The summed E-state index contributed by atoms with van der Waals surface area (Å²) in [5.74, 6) is 0.431. The molecule has 1 rings (SSSR count). The van der Waals surface area contributed by atoms with E-state index in [-0.39, 0.29) is 6.29 Å². The summed E-state index contributed by atoms with van der Waals surface area (Å²) in [5, 5.41) is 0. The summed E-state index contributed by atoms with van der Waals surface area (Å²) in [5.41, 5.74) is 5.56. The molecule has 0 saturated heterocycles. The van der Waals surface area contributed by atoms with E-state index in [1.165, 1.54) is 0 Å². The van der Waals surface area contributed by atoms with Crippen molar-refractivity contribution in [1.29, 1.82) is 0 Å². The van der Waals surface area contributed by atoms with Gasteiger partial charge in [0, 0.05) is 26.2 Å². The van der Waals surface area contributed by atoms with Crippen molar-refractivity contribution in [3.05, 3.63) is 0 Å². The fraction of sp³-hybridized carbons (Fsp3) is 1.00. The SMILES string of the molecule is COC(OC)[C@@H]1C[C@H]1N. The predicted octanol–water partition coefficient (Wildman–Crippen LogP) is -0.0475. The lowest BCUT2D eigenvalue weighted by molar-refractivity contribution is -0.116. The summed E-state index contributed by atoms with van der Waals surface area (Å²) in [6, 6.07) is 0.301. The first-order valence-corrected chi connectivity index (χ1v) is 3.10. The Balaban J connectivity index is 2.23. The van der Waals surface area contributed by atoms with Crippen molar-refractivity contribution < 1.29 is 9.47 Å². The van der Waals surface area contributed by atoms with Crippen LogP contribution in [-0.4, -0.2) is 26.6 Å². The minimum atomic E-state index is -0.0833. The van der Waals surface area contributed by atoms with Crippen LogP contribution in [0.15, 0.2) is 0 Å². The Labute approximate surface area is 55.1 Å². The number of methoxy groups -OCH3 is 2. The highest BCUT2D eigenvalue weighted by atomic mass is 16.7. The topological polar surface area (TPSA) is 44.5 Å². The summed E-state index contributed by atoms with van der Waals surface area (Å²) in [6.07, 6.45) is 0.951. The molecule has 9 heavy (non-hydrogen) atoms. The van der Waals surface area contributed by atoms with E-state index in [4.69, 9.17) is 15.2 Å². The zero-order valence-corrected chi connectivity index (χ0v) is 5.83. The first-order chi connectivity index (χ1) is 4.29. The largest absolute Gasteiger partial charge is 0.356 e. The van der Waals surface area contributed by atoms with Crippen molar-refractivity contribution in [1.82, 2.24) is 0 Å². The van der Waals surface area contributed by atoms with Crippen molar-refractivity contribution >= 4 is 0 Å². The Hall–Kier alpha value is -0.120. The molecule has 54 valence electrons. The maximum atomic E-state index is 5.56. The van der Waals surface area contributed by atoms with Gasteiger partial charge in [0.05, 0.1) is 0 Å². The van der Waals surface area contributed by atoms with Crippen LogP contribution >= 0.6 is 0 Å². The van der Waals surface area contributed by atoms with Gasteiger partial charge in [-0.05, 0) is 6.42 Å². The Morgan fingerprint density at radius 3 is 2.00 bits per heavy atom. The Bertz CT molecular complexity index is 93.1. The third-order valence-electron chi connectivity index (χ3n) is 1.71. The zero-order valence-electron chi connectivity index (χ0n) is 5.83. The highest BCUT2D eigenvalue weighted by molar-refractivity contribution is 4.92. The van der Waals surface area contributed by atoms with Crippen LogP contribution in [0.25, 0.3) is 0 Å². The third-order valence-corrected chi connectivity index (χ3v) is 1.71. The monoisotopic (exact) mass is 131 g/mol. The molecule has 3 heteroatoms. The van der Waals surface area contributed by atoms with Crippen molar-refractivity contribution in [3.8, 4) is 0 Å². The van der Waals surface area contributed by atoms with Gasteiger partial charge in [-0.1, -0.05) is 0 Å². The molecule has 1 aliphatic carbocycles. The predicted molar refractivity (Wildman–Crippen MR) is 33.9 cm³/mol. The first kappa shape index (κ1) is 6.99. The average Bonchev–Trinajstić information content (AvgIpc) is 2.51. The molecule has 3 nitrogen and oxygen atoms in total. The van der Waals surface area contributed by atoms with Crippen LogP contribution in [0, 0.1) is 5.92 Å². The minimum Gasteiger partial charge on any atom is -0.356 e. The van der Waals surface area contributed by atoms with Crippen LogP contribution in [0.5, 0.6) is 0 Å². The molecule has 1 aliphatic rings. The van der Waals surface area contributed by atoms with E-state index in [1.807, 2.05) is 0 Å². The first-order valence-electron chi connectivity index (χ1n) is 3.10. The highest BCUT2D eigenvalue weighted by Gasteiger charge is 2.40. The molecule has 1 fully saturated rings. The maximum Gasteiger partial charge on any atom is 0.161 e. The molecular formula is C6H13NO2. The van der Waals surface area contributed by atoms with Gasteiger partial charge in [0.1, 0.15) is 0 Å². The average molecular weight is 131 g/mol. The smallest absolute Gasteiger partial charge is 0.161 e. The van der Waals surface area contributed by atoms with Crippen LogP contribution in [-0.2, 0) is 9.47 Å². The van der Waals surface area contributed by atoms with Gasteiger partial charge in [-0.3, -0.25) is 0 Å². The van der Waals surface area contributed by atoms with Crippen molar-refractivity contribution in [3.63, 3.8) is 0 Å². The summed E-state index contributed by atoms with van der Waals surface area (Å²) in [7, 11) is 3.28. The number of nitrogens with two attached hydrogens (primary N) is 1. The third kappa shape index (κ3) is 1.41. The molecule has 0 aromatic rings. The number of hydrogen-bond donors (Lipinski definition) is 1. The fourth-order valence-electron chi connectivity index (χ4n) is 0.994.